The molecule has 0 saturated carbocycles. The number of likely N-dealkylation sites (N-methyl/N-ethyl adjacent to an activating group) is 2. The van der Waals surface area contributed by atoms with Gasteiger partial charge in [0.1, 0.15) is 6.54 Å². The summed E-state index contributed by atoms with van der Waals surface area (Å²) >= 11 is 0. The second-order valence-electron chi connectivity index (χ2n) is 1.87. The summed E-state index contributed by atoms with van der Waals surface area (Å²) in [6.07, 6.45) is 0. The zero-order valence-electron chi connectivity index (χ0n) is 6.05. The first-order chi connectivity index (χ1) is 4.57. The molecule has 0 aliphatic carbocycles. The third kappa shape index (κ3) is 2.91. The number of nitrogens with two attached hydrogens (primary N) is 1. The van der Waals surface area contributed by atoms with E-state index in [-0.39, 0.29) is 12.5 Å². The van der Waals surface area contributed by atoms with Crippen molar-refractivity contribution in [2.75, 3.05) is 20.6 Å². The van der Waals surface area contributed by atoms with Crippen molar-refractivity contribution < 1.29 is 9.59 Å². The molecule has 5 nitrogen and oxygen atoms in total. The summed E-state index contributed by atoms with van der Waals surface area (Å²) in [5.41, 5.74) is 4.85. The topological polar surface area (TPSA) is 75.4 Å². The Bertz CT molecular complexity index is 146. The Kier molecular flexibility index (Phi) is 3.24. The van der Waals surface area contributed by atoms with Gasteiger partial charge < -0.3 is 16.0 Å². The van der Waals surface area contributed by atoms with Crippen molar-refractivity contribution in [3.8, 4) is 0 Å². The zero-order chi connectivity index (χ0) is 8.15. The summed E-state index contributed by atoms with van der Waals surface area (Å²) in [7, 11) is 2.95. The standard InChI is InChI=1S/C5H11N3O2/c1-7-4(9)3-8(2)5(6)10/h3H2,1-2H3,(H2,6,10)(H,7,9). The lowest BCUT2D eigenvalue weighted by Gasteiger charge is -2.11. The number of amides is 3. The third-order valence-corrected chi connectivity index (χ3v) is 1.04. The molecule has 0 aliphatic heterocycles. The highest BCUT2D eigenvalue weighted by molar-refractivity contribution is 5.82. The molecule has 0 fully saturated rings. The van der Waals surface area contributed by atoms with Crippen LogP contribution in [0.5, 0.6) is 0 Å². The molecule has 58 valence electrons. The van der Waals surface area contributed by atoms with Gasteiger partial charge >= 0.3 is 6.03 Å². The van der Waals surface area contributed by atoms with E-state index >= 15 is 0 Å². The van der Waals surface area contributed by atoms with Gasteiger partial charge in [-0.05, 0) is 0 Å². The molecule has 0 aromatic heterocycles. The van der Waals surface area contributed by atoms with Crippen molar-refractivity contribution in [1.82, 2.24) is 10.2 Å². The van der Waals surface area contributed by atoms with E-state index in [2.05, 4.69) is 5.32 Å². The number of nitrogens with zero attached hydrogens (tertiary/aromatic N) is 1. The number of urea groups is 1. The molecule has 3 amide bonds. The Morgan fingerprint density at radius 1 is 1.60 bits per heavy atom. The average molecular weight is 145 g/mol. The van der Waals surface area contributed by atoms with E-state index in [9.17, 15) is 9.59 Å². The quantitative estimate of drug-likeness (QED) is 0.509. The molecule has 0 radical (unpaired) electrons. The van der Waals surface area contributed by atoms with Crippen LogP contribution in [0, 0.1) is 0 Å². The highest BCUT2D eigenvalue weighted by Crippen LogP contribution is 1.78. The summed E-state index contributed by atoms with van der Waals surface area (Å²) in [5, 5.41) is 2.36. The van der Waals surface area contributed by atoms with Gasteiger partial charge in [0.25, 0.3) is 0 Å². The number of carbonyl (C=O) groups is 2. The Morgan fingerprint density at radius 3 is 2.40 bits per heavy atom. The van der Waals surface area contributed by atoms with Gasteiger partial charge in [-0.2, -0.15) is 0 Å². The SMILES string of the molecule is CNC(=O)CN(C)C(N)=O. The van der Waals surface area contributed by atoms with E-state index in [1.165, 1.54) is 14.1 Å². The van der Waals surface area contributed by atoms with Crippen LogP contribution in [0.1, 0.15) is 0 Å². The largest absolute Gasteiger partial charge is 0.358 e. The number of nitrogens with one attached hydrogen (secondary N) is 1. The highest BCUT2D eigenvalue weighted by Gasteiger charge is 2.06. The number of carbonyl (C=O) groups excluding carboxylic acids is 2. The molecule has 3 N–H and O–H groups in total. The Hall–Kier alpha value is -1.26. The molecule has 0 aliphatic rings. The van der Waals surface area contributed by atoms with E-state index in [1.54, 1.807) is 0 Å². The van der Waals surface area contributed by atoms with Crippen LogP contribution >= 0.6 is 0 Å². The fourth-order valence-electron chi connectivity index (χ4n) is 0.372. The first-order valence-corrected chi connectivity index (χ1v) is 2.79. The van der Waals surface area contributed by atoms with Gasteiger partial charge in [0.05, 0.1) is 0 Å². The summed E-state index contributed by atoms with van der Waals surface area (Å²) in [6, 6.07) is -0.608. The fraction of sp³-hybridized carbons (Fsp3) is 0.600. The first kappa shape index (κ1) is 8.74. The van der Waals surface area contributed by atoms with Crippen LogP contribution in [-0.4, -0.2) is 37.5 Å². The third-order valence-electron chi connectivity index (χ3n) is 1.04. The normalized spacial score (nSPS) is 8.60. The van der Waals surface area contributed by atoms with Crippen LogP contribution in [0.2, 0.25) is 0 Å². The van der Waals surface area contributed by atoms with Gasteiger partial charge in [0.2, 0.25) is 5.91 Å². The van der Waals surface area contributed by atoms with E-state index in [4.69, 9.17) is 5.73 Å². The molecule has 0 spiro atoms. The Balaban J connectivity index is 3.68. The molecule has 10 heavy (non-hydrogen) atoms. The van der Waals surface area contributed by atoms with Gasteiger partial charge in [0.15, 0.2) is 0 Å². The number of primary amides is 1. The minimum atomic E-state index is -0.608. The first-order valence-electron chi connectivity index (χ1n) is 2.79. The van der Waals surface area contributed by atoms with Gasteiger partial charge in [-0.3, -0.25) is 4.79 Å². The molecule has 0 atom stereocenters. The van der Waals surface area contributed by atoms with Gasteiger partial charge in [-0.1, -0.05) is 0 Å². The predicted molar refractivity (Wildman–Crippen MR) is 36.3 cm³/mol. The molecule has 0 saturated heterocycles. The fourth-order valence-corrected chi connectivity index (χ4v) is 0.372. The van der Waals surface area contributed by atoms with Crippen LogP contribution in [0.25, 0.3) is 0 Å². The highest BCUT2D eigenvalue weighted by atomic mass is 16.2. The van der Waals surface area contributed by atoms with Crippen LogP contribution in [-0.2, 0) is 4.79 Å². The van der Waals surface area contributed by atoms with E-state index in [0.717, 1.165) is 4.90 Å². The van der Waals surface area contributed by atoms with Crippen molar-refractivity contribution in [3.05, 3.63) is 0 Å². The minimum Gasteiger partial charge on any atom is -0.358 e. The zero-order valence-corrected chi connectivity index (χ0v) is 6.05. The second-order valence-corrected chi connectivity index (χ2v) is 1.87. The molecule has 0 aromatic carbocycles. The van der Waals surface area contributed by atoms with Crippen molar-refractivity contribution in [2.45, 2.75) is 0 Å². The lowest BCUT2D eigenvalue weighted by atomic mass is 10.5. The summed E-state index contributed by atoms with van der Waals surface area (Å²) in [5.74, 6) is -0.235. The van der Waals surface area contributed by atoms with Crippen LogP contribution < -0.4 is 11.1 Å². The molecular formula is C5H11N3O2. The van der Waals surface area contributed by atoms with Gasteiger partial charge in [0, 0.05) is 14.1 Å². The molecule has 0 unspecified atom stereocenters. The Labute approximate surface area is 59.2 Å². The van der Waals surface area contributed by atoms with Crippen molar-refractivity contribution >= 4 is 11.9 Å². The van der Waals surface area contributed by atoms with Crippen molar-refractivity contribution in [3.63, 3.8) is 0 Å². The molecule has 0 aromatic rings. The van der Waals surface area contributed by atoms with E-state index < -0.39 is 6.03 Å². The molecular weight excluding hydrogens is 134 g/mol. The number of hydrogen-bond donors (Lipinski definition) is 2. The number of hydrogen-bond acceptors (Lipinski definition) is 2. The van der Waals surface area contributed by atoms with Crippen LogP contribution in [0.3, 0.4) is 0 Å². The summed E-state index contributed by atoms with van der Waals surface area (Å²) in [4.78, 5) is 22.0. The summed E-state index contributed by atoms with van der Waals surface area (Å²) < 4.78 is 0. The van der Waals surface area contributed by atoms with Crippen LogP contribution in [0.15, 0.2) is 0 Å². The van der Waals surface area contributed by atoms with Crippen LogP contribution in [0.4, 0.5) is 4.79 Å². The Morgan fingerprint density at radius 2 is 2.10 bits per heavy atom. The lowest BCUT2D eigenvalue weighted by Crippen LogP contribution is -2.39. The van der Waals surface area contributed by atoms with Crippen molar-refractivity contribution in [2.24, 2.45) is 5.73 Å². The molecule has 0 rings (SSSR count). The second kappa shape index (κ2) is 3.71. The predicted octanol–water partition coefficient (Wildman–Crippen LogP) is -1.26. The average Bonchev–Trinajstić information content (AvgIpc) is 1.87. The minimum absolute atomic E-state index is 0.00579. The lowest BCUT2D eigenvalue weighted by molar-refractivity contribution is -0.120. The monoisotopic (exact) mass is 145 g/mol. The van der Waals surface area contributed by atoms with Gasteiger partial charge in [-0.15, -0.1) is 0 Å². The molecule has 0 bridgehead atoms. The van der Waals surface area contributed by atoms with Crippen molar-refractivity contribution in [1.29, 1.82) is 0 Å². The van der Waals surface area contributed by atoms with Gasteiger partial charge in [-0.25, -0.2) is 4.79 Å². The maximum absolute atomic E-state index is 10.6. The van der Waals surface area contributed by atoms with E-state index in [1.807, 2.05) is 0 Å². The molecule has 5 heteroatoms. The summed E-state index contributed by atoms with van der Waals surface area (Å²) in [6.45, 7) is 0.00579. The van der Waals surface area contributed by atoms with E-state index in [0.29, 0.717) is 0 Å². The number of rotatable bonds is 2. The maximum Gasteiger partial charge on any atom is 0.314 e. The molecule has 0 heterocycles. The smallest absolute Gasteiger partial charge is 0.314 e. The maximum atomic E-state index is 10.6.